The second kappa shape index (κ2) is 5.61. The van der Waals surface area contributed by atoms with Crippen LogP contribution < -0.4 is 0 Å². The van der Waals surface area contributed by atoms with Gasteiger partial charge in [-0.05, 0) is 5.56 Å². The topological polar surface area (TPSA) is 47.3 Å². The van der Waals surface area contributed by atoms with Crippen molar-refractivity contribution in [3.05, 3.63) is 54.1 Å². The van der Waals surface area contributed by atoms with E-state index in [1.807, 2.05) is 48.1 Å². The molecule has 4 heteroatoms. The van der Waals surface area contributed by atoms with E-state index in [0.29, 0.717) is 6.61 Å². The minimum atomic E-state index is -0.583. The van der Waals surface area contributed by atoms with Crippen LogP contribution in [0, 0.1) is 0 Å². The maximum absolute atomic E-state index is 9.85. The van der Waals surface area contributed by atoms with Gasteiger partial charge < -0.3 is 14.4 Å². The van der Waals surface area contributed by atoms with Crippen molar-refractivity contribution in [2.45, 2.75) is 12.7 Å². The van der Waals surface area contributed by atoms with Gasteiger partial charge in [0, 0.05) is 13.2 Å². The Morgan fingerprint density at radius 1 is 1.35 bits per heavy atom. The molecule has 1 aromatic heterocycles. The van der Waals surface area contributed by atoms with Gasteiger partial charge in [0.2, 0.25) is 0 Å². The zero-order valence-electron chi connectivity index (χ0n) is 9.78. The van der Waals surface area contributed by atoms with Crippen LogP contribution in [-0.4, -0.2) is 21.3 Å². The van der Waals surface area contributed by atoms with Gasteiger partial charge in [-0.1, -0.05) is 30.3 Å². The summed E-state index contributed by atoms with van der Waals surface area (Å²) in [6.07, 6.45) is 3.04. The van der Waals surface area contributed by atoms with Crippen LogP contribution >= 0.6 is 0 Å². The van der Waals surface area contributed by atoms with E-state index in [-0.39, 0.29) is 6.61 Å². The fourth-order valence-corrected chi connectivity index (χ4v) is 1.59. The molecule has 0 saturated heterocycles. The molecule has 4 nitrogen and oxygen atoms in total. The predicted molar refractivity (Wildman–Crippen MR) is 64.3 cm³/mol. The van der Waals surface area contributed by atoms with Crippen molar-refractivity contribution < 1.29 is 9.84 Å². The van der Waals surface area contributed by atoms with E-state index < -0.39 is 6.10 Å². The Balaban J connectivity index is 1.79. The van der Waals surface area contributed by atoms with Gasteiger partial charge in [-0.2, -0.15) is 0 Å². The molecule has 0 fully saturated rings. The van der Waals surface area contributed by atoms with E-state index in [4.69, 9.17) is 4.74 Å². The number of aliphatic hydroxyl groups is 1. The van der Waals surface area contributed by atoms with E-state index in [9.17, 15) is 5.11 Å². The molecule has 2 rings (SSSR count). The van der Waals surface area contributed by atoms with Gasteiger partial charge in [-0.3, -0.25) is 0 Å². The lowest BCUT2D eigenvalue weighted by atomic mass is 10.1. The molecule has 0 radical (unpaired) electrons. The first-order valence-corrected chi connectivity index (χ1v) is 5.53. The van der Waals surface area contributed by atoms with Crippen LogP contribution in [0.2, 0.25) is 0 Å². The number of hydrogen-bond acceptors (Lipinski definition) is 3. The first-order valence-electron chi connectivity index (χ1n) is 5.53. The summed E-state index contributed by atoms with van der Waals surface area (Å²) in [5, 5.41) is 9.85. The van der Waals surface area contributed by atoms with Crippen molar-refractivity contribution in [2.24, 2.45) is 7.05 Å². The molecule has 1 unspecified atom stereocenters. The zero-order chi connectivity index (χ0) is 12.1. The first-order chi connectivity index (χ1) is 8.25. The highest BCUT2D eigenvalue weighted by atomic mass is 16.5. The molecular formula is C13H16N2O2. The van der Waals surface area contributed by atoms with Crippen LogP contribution in [0.15, 0.2) is 42.9 Å². The number of hydrogen-bond donors (Lipinski definition) is 1. The highest BCUT2D eigenvalue weighted by Crippen LogP contribution is 2.12. The van der Waals surface area contributed by atoms with E-state index in [1.165, 1.54) is 0 Å². The monoisotopic (exact) mass is 232 g/mol. The molecule has 90 valence electrons. The Morgan fingerprint density at radius 2 is 2.12 bits per heavy atom. The normalized spacial score (nSPS) is 12.6. The highest BCUT2D eigenvalue weighted by molar-refractivity contribution is 5.17. The third-order valence-electron chi connectivity index (χ3n) is 2.47. The molecule has 0 aliphatic heterocycles. The van der Waals surface area contributed by atoms with Gasteiger partial charge >= 0.3 is 0 Å². The summed E-state index contributed by atoms with van der Waals surface area (Å²) in [6.45, 7) is 0.700. The maximum atomic E-state index is 9.85. The van der Waals surface area contributed by atoms with Crippen LogP contribution in [0.3, 0.4) is 0 Å². The summed E-state index contributed by atoms with van der Waals surface area (Å²) in [5.74, 6) is 0. The van der Waals surface area contributed by atoms with Gasteiger partial charge in [-0.25, -0.2) is 4.98 Å². The van der Waals surface area contributed by atoms with Gasteiger partial charge in [0.15, 0.2) is 0 Å². The molecule has 1 atom stereocenters. The van der Waals surface area contributed by atoms with Crippen LogP contribution in [0.5, 0.6) is 0 Å². The van der Waals surface area contributed by atoms with E-state index in [2.05, 4.69) is 4.98 Å². The molecule has 1 heterocycles. The van der Waals surface area contributed by atoms with Gasteiger partial charge in [0.1, 0.15) is 6.10 Å². The van der Waals surface area contributed by atoms with Crippen molar-refractivity contribution in [2.75, 3.05) is 6.61 Å². The van der Waals surface area contributed by atoms with Crippen LogP contribution in [0.4, 0.5) is 0 Å². The first kappa shape index (κ1) is 11.8. The molecule has 0 spiro atoms. The minimum Gasteiger partial charge on any atom is -0.386 e. The fraction of sp³-hybridized carbons (Fsp3) is 0.308. The Morgan fingerprint density at radius 3 is 2.76 bits per heavy atom. The average molecular weight is 232 g/mol. The van der Waals surface area contributed by atoms with Crippen molar-refractivity contribution in [3.63, 3.8) is 0 Å². The molecular weight excluding hydrogens is 216 g/mol. The molecule has 0 bridgehead atoms. The van der Waals surface area contributed by atoms with Gasteiger partial charge in [-0.15, -0.1) is 0 Å². The Kier molecular flexibility index (Phi) is 3.90. The van der Waals surface area contributed by atoms with Crippen LogP contribution in [0.25, 0.3) is 0 Å². The van der Waals surface area contributed by atoms with Crippen molar-refractivity contribution in [1.82, 2.24) is 9.55 Å². The largest absolute Gasteiger partial charge is 0.386 e. The molecule has 2 aromatic rings. The molecule has 0 aliphatic carbocycles. The molecule has 1 aromatic carbocycles. The molecule has 0 amide bonds. The Labute approximate surface area is 100 Å². The SMILES string of the molecule is Cn1cnc(COCC(O)c2ccccc2)c1. The number of aromatic nitrogens is 2. The lowest BCUT2D eigenvalue weighted by Gasteiger charge is -2.10. The van der Waals surface area contributed by atoms with Crippen molar-refractivity contribution >= 4 is 0 Å². The van der Waals surface area contributed by atoms with Crippen LogP contribution in [0.1, 0.15) is 17.4 Å². The van der Waals surface area contributed by atoms with Gasteiger partial charge in [0.05, 0.1) is 25.2 Å². The summed E-state index contributed by atoms with van der Waals surface area (Å²) in [6, 6.07) is 9.49. The molecule has 1 N–H and O–H groups in total. The van der Waals surface area contributed by atoms with E-state index >= 15 is 0 Å². The number of rotatable bonds is 5. The van der Waals surface area contributed by atoms with Crippen molar-refractivity contribution in [3.8, 4) is 0 Å². The smallest absolute Gasteiger partial charge is 0.102 e. The second-order valence-electron chi connectivity index (χ2n) is 3.97. The van der Waals surface area contributed by atoms with Crippen molar-refractivity contribution in [1.29, 1.82) is 0 Å². The number of aryl methyl sites for hydroxylation is 1. The lowest BCUT2D eigenvalue weighted by molar-refractivity contribution is 0.0266. The summed E-state index contributed by atoms with van der Waals surface area (Å²) >= 11 is 0. The van der Waals surface area contributed by atoms with Gasteiger partial charge in [0.25, 0.3) is 0 Å². The standard InChI is InChI=1S/C13H16N2O2/c1-15-7-12(14-10-15)8-17-9-13(16)11-5-3-2-4-6-11/h2-7,10,13,16H,8-9H2,1H3. The molecule has 17 heavy (non-hydrogen) atoms. The fourth-order valence-electron chi connectivity index (χ4n) is 1.59. The highest BCUT2D eigenvalue weighted by Gasteiger charge is 2.07. The third-order valence-corrected chi connectivity index (χ3v) is 2.47. The zero-order valence-corrected chi connectivity index (χ0v) is 9.78. The number of ether oxygens (including phenoxy) is 1. The number of nitrogens with zero attached hydrogens (tertiary/aromatic N) is 2. The Hall–Kier alpha value is -1.65. The quantitative estimate of drug-likeness (QED) is 0.853. The second-order valence-corrected chi connectivity index (χ2v) is 3.97. The number of benzene rings is 1. The molecule has 0 aliphatic rings. The van der Waals surface area contributed by atoms with Crippen LogP contribution in [-0.2, 0) is 18.4 Å². The maximum Gasteiger partial charge on any atom is 0.102 e. The summed E-state index contributed by atoms with van der Waals surface area (Å²) in [5.41, 5.74) is 1.74. The predicted octanol–water partition coefficient (Wildman–Crippen LogP) is 1.67. The summed E-state index contributed by atoms with van der Waals surface area (Å²) in [7, 11) is 1.91. The third kappa shape index (κ3) is 3.41. The summed E-state index contributed by atoms with van der Waals surface area (Å²) in [4.78, 5) is 4.14. The number of aliphatic hydroxyl groups excluding tert-OH is 1. The van der Waals surface area contributed by atoms with E-state index in [0.717, 1.165) is 11.3 Å². The summed E-state index contributed by atoms with van der Waals surface area (Å²) < 4.78 is 7.29. The average Bonchev–Trinajstić information content (AvgIpc) is 2.76. The Bertz CT molecular complexity index is 453. The minimum absolute atomic E-state index is 0.278. The lowest BCUT2D eigenvalue weighted by Crippen LogP contribution is -2.07. The van der Waals surface area contributed by atoms with E-state index in [1.54, 1.807) is 6.33 Å². The number of imidazole rings is 1. The molecule has 0 saturated carbocycles.